The van der Waals surface area contributed by atoms with Crippen LogP contribution in [0.2, 0.25) is 0 Å². The Kier molecular flexibility index (Phi) is 3.16. The van der Waals surface area contributed by atoms with Gasteiger partial charge in [-0.2, -0.15) is 0 Å². The van der Waals surface area contributed by atoms with Crippen LogP contribution in [0.4, 0.5) is 0 Å². The van der Waals surface area contributed by atoms with Crippen molar-refractivity contribution in [2.24, 2.45) is 5.92 Å². The van der Waals surface area contributed by atoms with Crippen LogP contribution in [0, 0.1) is 5.92 Å². The van der Waals surface area contributed by atoms with E-state index in [9.17, 15) is 5.11 Å². The molecule has 2 N–H and O–H groups in total. The van der Waals surface area contributed by atoms with Crippen LogP contribution in [0.15, 0.2) is 0 Å². The second-order valence-electron chi connectivity index (χ2n) is 3.08. The largest absolute Gasteiger partial charge is 0.393 e. The predicted molar refractivity (Wildman–Crippen MR) is 41.9 cm³/mol. The van der Waals surface area contributed by atoms with Gasteiger partial charge in [-0.25, -0.2) is 0 Å². The molecule has 0 aromatic carbocycles. The molecule has 0 aromatic heterocycles. The first-order valence-electron chi connectivity index (χ1n) is 4.23. The maximum Gasteiger partial charge on any atom is 0.0577 e. The summed E-state index contributed by atoms with van der Waals surface area (Å²) in [6.07, 6.45) is 3.24. The van der Waals surface area contributed by atoms with Gasteiger partial charge >= 0.3 is 0 Å². The number of nitrogens with one attached hydrogen (secondary N) is 1. The van der Waals surface area contributed by atoms with Crippen LogP contribution in [-0.4, -0.2) is 24.3 Å². The standard InChI is InChI=1S/C8H17NO/c1-2-8(10)7-4-3-5-9-6-7/h7-10H,2-6H2,1H3/t7-,8+/m0/s1. The molecule has 0 saturated carbocycles. The first-order chi connectivity index (χ1) is 4.84. The molecule has 0 bridgehead atoms. The highest BCUT2D eigenvalue weighted by Gasteiger charge is 2.19. The van der Waals surface area contributed by atoms with Crippen LogP contribution in [0.3, 0.4) is 0 Å². The number of hydrogen-bond donors (Lipinski definition) is 2. The van der Waals surface area contributed by atoms with Gasteiger partial charge in [-0.3, -0.25) is 0 Å². The number of aliphatic hydroxyl groups excluding tert-OH is 1. The fraction of sp³-hybridized carbons (Fsp3) is 1.00. The molecule has 2 atom stereocenters. The minimum Gasteiger partial charge on any atom is -0.393 e. The van der Waals surface area contributed by atoms with Gasteiger partial charge in [0.2, 0.25) is 0 Å². The highest BCUT2D eigenvalue weighted by atomic mass is 16.3. The molecule has 0 amide bonds. The minimum absolute atomic E-state index is 0.0761. The summed E-state index contributed by atoms with van der Waals surface area (Å²) in [6, 6.07) is 0. The van der Waals surface area contributed by atoms with Crippen LogP contribution >= 0.6 is 0 Å². The first kappa shape index (κ1) is 8.02. The summed E-state index contributed by atoms with van der Waals surface area (Å²) in [5.41, 5.74) is 0. The SMILES string of the molecule is CC[C@@H](O)[C@H]1CCCNC1. The lowest BCUT2D eigenvalue weighted by Crippen LogP contribution is -2.36. The molecule has 1 aliphatic heterocycles. The Morgan fingerprint density at radius 2 is 2.50 bits per heavy atom. The average Bonchev–Trinajstić information content (AvgIpc) is 2.05. The smallest absolute Gasteiger partial charge is 0.0577 e. The van der Waals surface area contributed by atoms with E-state index in [1.165, 1.54) is 12.8 Å². The van der Waals surface area contributed by atoms with Crippen LogP contribution in [0.5, 0.6) is 0 Å². The van der Waals surface area contributed by atoms with Crippen molar-refractivity contribution in [3.05, 3.63) is 0 Å². The van der Waals surface area contributed by atoms with Gasteiger partial charge in [-0.1, -0.05) is 6.92 Å². The van der Waals surface area contributed by atoms with Gasteiger partial charge in [0.25, 0.3) is 0 Å². The molecule has 1 aliphatic rings. The van der Waals surface area contributed by atoms with Crippen molar-refractivity contribution in [2.75, 3.05) is 13.1 Å². The molecular weight excluding hydrogens is 126 g/mol. The lowest BCUT2D eigenvalue weighted by atomic mass is 9.92. The number of rotatable bonds is 2. The molecule has 0 aromatic rings. The maximum absolute atomic E-state index is 9.44. The highest BCUT2D eigenvalue weighted by Crippen LogP contribution is 2.15. The number of aliphatic hydroxyl groups is 1. The molecule has 1 rings (SSSR count). The van der Waals surface area contributed by atoms with Crippen molar-refractivity contribution in [3.8, 4) is 0 Å². The van der Waals surface area contributed by atoms with E-state index in [1.54, 1.807) is 0 Å². The van der Waals surface area contributed by atoms with E-state index in [4.69, 9.17) is 0 Å². The zero-order valence-electron chi connectivity index (χ0n) is 6.64. The topological polar surface area (TPSA) is 32.3 Å². The van der Waals surface area contributed by atoms with Gasteiger partial charge in [0.15, 0.2) is 0 Å². The zero-order chi connectivity index (χ0) is 7.40. The maximum atomic E-state index is 9.44. The lowest BCUT2D eigenvalue weighted by molar-refractivity contribution is 0.0886. The molecule has 2 heteroatoms. The van der Waals surface area contributed by atoms with E-state index in [0.29, 0.717) is 5.92 Å². The van der Waals surface area contributed by atoms with Gasteiger partial charge in [-0.05, 0) is 31.7 Å². The van der Waals surface area contributed by atoms with E-state index in [0.717, 1.165) is 19.5 Å². The summed E-state index contributed by atoms with van der Waals surface area (Å²) in [4.78, 5) is 0. The normalized spacial score (nSPS) is 30.0. The Morgan fingerprint density at radius 1 is 1.70 bits per heavy atom. The predicted octanol–water partition coefficient (Wildman–Crippen LogP) is 0.757. The molecule has 1 saturated heterocycles. The fourth-order valence-electron chi connectivity index (χ4n) is 1.54. The monoisotopic (exact) mass is 143 g/mol. The van der Waals surface area contributed by atoms with E-state index < -0.39 is 0 Å². The number of hydrogen-bond acceptors (Lipinski definition) is 2. The Hall–Kier alpha value is -0.0800. The molecule has 0 aliphatic carbocycles. The molecule has 1 fully saturated rings. The van der Waals surface area contributed by atoms with Crippen LogP contribution in [0.25, 0.3) is 0 Å². The lowest BCUT2D eigenvalue weighted by Gasteiger charge is -2.26. The minimum atomic E-state index is -0.0761. The Labute approximate surface area is 62.6 Å². The molecule has 60 valence electrons. The summed E-state index contributed by atoms with van der Waals surface area (Å²) in [5, 5.41) is 12.7. The first-order valence-corrected chi connectivity index (χ1v) is 4.23. The molecule has 0 spiro atoms. The van der Waals surface area contributed by atoms with Crippen molar-refractivity contribution in [2.45, 2.75) is 32.3 Å². The summed E-state index contributed by atoms with van der Waals surface area (Å²) in [7, 11) is 0. The summed E-state index contributed by atoms with van der Waals surface area (Å²) in [6.45, 7) is 4.18. The van der Waals surface area contributed by atoms with E-state index in [2.05, 4.69) is 5.32 Å². The molecule has 10 heavy (non-hydrogen) atoms. The fourth-order valence-corrected chi connectivity index (χ4v) is 1.54. The van der Waals surface area contributed by atoms with Gasteiger partial charge in [0.1, 0.15) is 0 Å². The quantitative estimate of drug-likeness (QED) is 0.598. The third-order valence-electron chi connectivity index (χ3n) is 2.30. The Balaban J connectivity index is 2.24. The van der Waals surface area contributed by atoms with Gasteiger partial charge in [0, 0.05) is 6.54 Å². The van der Waals surface area contributed by atoms with Crippen molar-refractivity contribution < 1.29 is 5.11 Å². The molecule has 0 unspecified atom stereocenters. The van der Waals surface area contributed by atoms with E-state index in [1.807, 2.05) is 6.92 Å². The van der Waals surface area contributed by atoms with Crippen LogP contribution in [-0.2, 0) is 0 Å². The highest BCUT2D eigenvalue weighted by molar-refractivity contribution is 4.74. The second-order valence-corrected chi connectivity index (χ2v) is 3.08. The van der Waals surface area contributed by atoms with Gasteiger partial charge in [-0.15, -0.1) is 0 Å². The number of piperidine rings is 1. The van der Waals surface area contributed by atoms with Crippen molar-refractivity contribution in [1.82, 2.24) is 5.32 Å². The van der Waals surface area contributed by atoms with Crippen molar-refractivity contribution in [3.63, 3.8) is 0 Å². The second kappa shape index (κ2) is 3.94. The summed E-state index contributed by atoms with van der Waals surface area (Å²) < 4.78 is 0. The van der Waals surface area contributed by atoms with Gasteiger partial charge < -0.3 is 10.4 Å². The Morgan fingerprint density at radius 3 is 3.00 bits per heavy atom. The van der Waals surface area contributed by atoms with Crippen LogP contribution in [0.1, 0.15) is 26.2 Å². The molecule has 0 radical (unpaired) electrons. The summed E-state index contributed by atoms with van der Waals surface area (Å²) >= 11 is 0. The third-order valence-corrected chi connectivity index (χ3v) is 2.30. The average molecular weight is 143 g/mol. The zero-order valence-corrected chi connectivity index (χ0v) is 6.64. The van der Waals surface area contributed by atoms with Gasteiger partial charge in [0.05, 0.1) is 6.10 Å². The van der Waals surface area contributed by atoms with Crippen molar-refractivity contribution >= 4 is 0 Å². The third kappa shape index (κ3) is 1.96. The van der Waals surface area contributed by atoms with E-state index in [-0.39, 0.29) is 6.10 Å². The molecule has 1 heterocycles. The molecule has 2 nitrogen and oxygen atoms in total. The molecular formula is C8H17NO. The van der Waals surface area contributed by atoms with Crippen molar-refractivity contribution in [1.29, 1.82) is 0 Å². The van der Waals surface area contributed by atoms with Crippen LogP contribution < -0.4 is 5.32 Å². The summed E-state index contributed by atoms with van der Waals surface area (Å²) in [5.74, 6) is 0.513. The van der Waals surface area contributed by atoms with E-state index >= 15 is 0 Å². The Bertz CT molecular complexity index is 89.3.